The van der Waals surface area contributed by atoms with Crippen LogP contribution in [0.3, 0.4) is 0 Å². The van der Waals surface area contributed by atoms with Crippen LogP contribution in [0.15, 0.2) is 41.3 Å². The van der Waals surface area contributed by atoms with E-state index in [1.54, 1.807) is 24.3 Å². The summed E-state index contributed by atoms with van der Waals surface area (Å²) < 4.78 is 34.2. The maximum Gasteiger partial charge on any atom is 0.325 e. The Kier molecular flexibility index (Phi) is 3.17. The first-order chi connectivity index (χ1) is 8.04. The highest BCUT2D eigenvalue weighted by molar-refractivity contribution is 7.85. The first kappa shape index (κ1) is 12.1. The van der Waals surface area contributed by atoms with Gasteiger partial charge in [-0.15, -0.1) is 0 Å². The molecule has 89 valence electrons. The Morgan fingerprint density at radius 3 is 2.41 bits per heavy atom. The van der Waals surface area contributed by atoms with E-state index in [1.165, 1.54) is 0 Å². The molecule has 0 saturated carbocycles. The maximum atomic E-state index is 11.4. The van der Waals surface area contributed by atoms with Crippen molar-refractivity contribution in [2.24, 2.45) is 0 Å². The summed E-state index contributed by atoms with van der Waals surface area (Å²) in [4.78, 5) is -0.0579. The van der Waals surface area contributed by atoms with Gasteiger partial charge in [0.2, 0.25) is 0 Å². The average molecular weight is 249 g/mol. The van der Waals surface area contributed by atoms with Gasteiger partial charge >= 0.3 is 10.1 Å². The standard InChI is InChI=1S/C13H13O3S/c1-2-5-11-9-8-10-6-3-4-7-12(10)13(11)17(14,15)16/h3-4,6-9H,2,5H2,1H3. The van der Waals surface area contributed by atoms with E-state index >= 15 is 0 Å². The number of hydrogen-bond donors (Lipinski definition) is 0. The van der Waals surface area contributed by atoms with Gasteiger partial charge in [0.25, 0.3) is 0 Å². The Morgan fingerprint density at radius 2 is 1.76 bits per heavy atom. The second-order valence-corrected chi connectivity index (χ2v) is 5.30. The molecule has 1 radical (unpaired) electrons. The molecule has 2 rings (SSSR count). The van der Waals surface area contributed by atoms with Crippen LogP contribution in [0.2, 0.25) is 0 Å². The van der Waals surface area contributed by atoms with Gasteiger partial charge < -0.3 is 0 Å². The molecule has 0 aliphatic heterocycles. The van der Waals surface area contributed by atoms with Gasteiger partial charge in [-0.2, -0.15) is 8.42 Å². The fourth-order valence-electron chi connectivity index (χ4n) is 2.05. The summed E-state index contributed by atoms with van der Waals surface area (Å²) in [5.41, 5.74) is 0.612. The van der Waals surface area contributed by atoms with E-state index in [9.17, 15) is 13.0 Å². The molecule has 2 aromatic carbocycles. The molecule has 0 saturated heterocycles. The van der Waals surface area contributed by atoms with E-state index < -0.39 is 10.1 Å². The van der Waals surface area contributed by atoms with Crippen molar-refractivity contribution in [3.8, 4) is 0 Å². The van der Waals surface area contributed by atoms with Gasteiger partial charge in [-0.3, -0.25) is 0 Å². The summed E-state index contributed by atoms with van der Waals surface area (Å²) in [6.45, 7) is 1.95. The lowest BCUT2D eigenvalue weighted by Gasteiger charge is -2.08. The zero-order valence-electron chi connectivity index (χ0n) is 9.51. The van der Waals surface area contributed by atoms with Crippen LogP contribution in [0.25, 0.3) is 10.8 Å². The fourth-order valence-corrected chi connectivity index (χ4v) is 3.00. The van der Waals surface area contributed by atoms with Crippen LogP contribution in [0, 0.1) is 0 Å². The van der Waals surface area contributed by atoms with Crippen molar-refractivity contribution in [2.75, 3.05) is 0 Å². The molecule has 17 heavy (non-hydrogen) atoms. The number of aryl methyl sites for hydroxylation is 1. The number of benzene rings is 2. The molecule has 2 aromatic rings. The molecular formula is C13H13O3S. The predicted molar refractivity (Wildman–Crippen MR) is 65.8 cm³/mol. The van der Waals surface area contributed by atoms with Gasteiger partial charge in [0.05, 0.1) is 0 Å². The highest BCUT2D eigenvalue weighted by atomic mass is 32.2. The van der Waals surface area contributed by atoms with E-state index in [0.717, 1.165) is 11.8 Å². The van der Waals surface area contributed by atoms with Gasteiger partial charge in [-0.25, -0.2) is 0 Å². The Hall–Kier alpha value is -1.39. The van der Waals surface area contributed by atoms with E-state index in [4.69, 9.17) is 0 Å². The minimum absolute atomic E-state index is 0.0579. The molecule has 0 unspecified atom stereocenters. The summed E-state index contributed by atoms with van der Waals surface area (Å²) in [6, 6.07) is 10.6. The lowest BCUT2D eigenvalue weighted by molar-refractivity contribution is 0.414. The molecule has 0 aromatic heterocycles. The van der Waals surface area contributed by atoms with Crippen molar-refractivity contribution in [1.82, 2.24) is 0 Å². The second kappa shape index (κ2) is 4.47. The minimum Gasteiger partial charge on any atom is -0.191 e. The zero-order chi connectivity index (χ0) is 12.5. The molecule has 0 spiro atoms. The Labute approximate surface area is 101 Å². The molecule has 0 amide bonds. The van der Waals surface area contributed by atoms with E-state index in [-0.39, 0.29) is 4.90 Å². The van der Waals surface area contributed by atoms with Gasteiger partial charge in [-0.05, 0) is 17.4 Å². The zero-order valence-corrected chi connectivity index (χ0v) is 10.3. The van der Waals surface area contributed by atoms with Crippen molar-refractivity contribution in [3.05, 3.63) is 42.0 Å². The lowest BCUT2D eigenvalue weighted by Crippen LogP contribution is -2.03. The van der Waals surface area contributed by atoms with Crippen LogP contribution in [0.5, 0.6) is 0 Å². The van der Waals surface area contributed by atoms with E-state index in [2.05, 4.69) is 0 Å². The Bertz CT molecular complexity index is 645. The normalized spacial score (nSPS) is 11.9. The largest absolute Gasteiger partial charge is 0.325 e. The predicted octanol–water partition coefficient (Wildman–Crippen LogP) is 2.91. The van der Waals surface area contributed by atoms with Crippen LogP contribution in [0.1, 0.15) is 18.9 Å². The van der Waals surface area contributed by atoms with Crippen molar-refractivity contribution in [2.45, 2.75) is 24.7 Å². The topological polar surface area (TPSA) is 54.0 Å². The van der Waals surface area contributed by atoms with Gasteiger partial charge in [0.15, 0.2) is 0 Å². The lowest BCUT2D eigenvalue weighted by atomic mass is 10.0. The van der Waals surface area contributed by atoms with Crippen LogP contribution in [0.4, 0.5) is 0 Å². The SMILES string of the molecule is CCCc1ccc2ccccc2c1S([O])(=O)=O. The van der Waals surface area contributed by atoms with Crippen LogP contribution >= 0.6 is 0 Å². The third-order valence-electron chi connectivity index (χ3n) is 2.73. The summed E-state index contributed by atoms with van der Waals surface area (Å²) in [5, 5.41) is 1.30. The molecule has 0 aliphatic carbocycles. The van der Waals surface area contributed by atoms with Gasteiger partial charge in [-0.1, -0.05) is 54.3 Å². The molecule has 4 heteroatoms. The molecule has 0 atom stereocenters. The third-order valence-corrected chi connectivity index (χ3v) is 3.71. The van der Waals surface area contributed by atoms with Crippen LogP contribution in [-0.4, -0.2) is 8.42 Å². The summed E-state index contributed by atoms with van der Waals surface area (Å²) in [7, 11) is -4.43. The molecule has 0 N–H and O–H groups in total. The number of fused-ring (bicyclic) bond motifs is 1. The molecule has 0 fully saturated rings. The van der Waals surface area contributed by atoms with E-state index in [1.807, 2.05) is 19.1 Å². The van der Waals surface area contributed by atoms with Gasteiger partial charge in [0, 0.05) is 5.39 Å². The van der Waals surface area contributed by atoms with Crippen molar-refractivity contribution < 1.29 is 13.0 Å². The van der Waals surface area contributed by atoms with Crippen LogP contribution in [-0.2, 0) is 21.1 Å². The smallest absolute Gasteiger partial charge is 0.191 e. The Morgan fingerprint density at radius 1 is 1.06 bits per heavy atom. The van der Waals surface area contributed by atoms with Crippen LogP contribution < -0.4 is 0 Å². The maximum absolute atomic E-state index is 11.4. The monoisotopic (exact) mass is 249 g/mol. The average Bonchev–Trinajstić information content (AvgIpc) is 2.27. The molecule has 3 nitrogen and oxygen atoms in total. The molecular weight excluding hydrogens is 236 g/mol. The third kappa shape index (κ3) is 2.33. The van der Waals surface area contributed by atoms with Crippen molar-refractivity contribution >= 4 is 20.9 Å². The second-order valence-electron chi connectivity index (χ2n) is 3.98. The number of rotatable bonds is 3. The molecule has 0 heterocycles. The fraction of sp³-hybridized carbons (Fsp3) is 0.231. The first-order valence-electron chi connectivity index (χ1n) is 5.50. The van der Waals surface area contributed by atoms with Crippen molar-refractivity contribution in [3.63, 3.8) is 0 Å². The summed E-state index contributed by atoms with van der Waals surface area (Å²) >= 11 is 0. The quantitative estimate of drug-likeness (QED) is 0.839. The Balaban J connectivity index is 2.85. The number of hydrogen-bond acceptors (Lipinski definition) is 2. The van der Waals surface area contributed by atoms with Gasteiger partial charge in [0.1, 0.15) is 4.90 Å². The van der Waals surface area contributed by atoms with E-state index in [0.29, 0.717) is 17.4 Å². The summed E-state index contributed by atoms with van der Waals surface area (Å²) in [5.74, 6) is 0. The minimum atomic E-state index is -4.43. The first-order valence-corrected chi connectivity index (χ1v) is 6.91. The molecule has 0 bridgehead atoms. The summed E-state index contributed by atoms with van der Waals surface area (Å²) in [6.07, 6.45) is 1.41. The molecule has 0 aliphatic rings. The highest BCUT2D eigenvalue weighted by Crippen LogP contribution is 2.27. The highest BCUT2D eigenvalue weighted by Gasteiger charge is 2.19. The van der Waals surface area contributed by atoms with Crippen molar-refractivity contribution in [1.29, 1.82) is 0 Å².